The van der Waals surface area contributed by atoms with E-state index in [4.69, 9.17) is 27.9 Å². The molecule has 0 radical (unpaired) electrons. The summed E-state index contributed by atoms with van der Waals surface area (Å²) in [6, 6.07) is 9.11. The van der Waals surface area contributed by atoms with E-state index in [-0.39, 0.29) is 5.91 Å². The summed E-state index contributed by atoms with van der Waals surface area (Å²) in [6.45, 7) is 3.61. The number of nitrogens with zero attached hydrogens (tertiary/aromatic N) is 3. The van der Waals surface area contributed by atoms with Crippen LogP contribution in [-0.4, -0.2) is 48.6 Å². The van der Waals surface area contributed by atoms with Crippen molar-refractivity contribution in [3.8, 4) is 5.75 Å². The highest BCUT2D eigenvalue weighted by molar-refractivity contribution is 6.35. The highest BCUT2D eigenvalue weighted by atomic mass is 35.5. The van der Waals surface area contributed by atoms with Crippen LogP contribution in [0.2, 0.25) is 10.0 Å². The monoisotopic (exact) mass is 393 g/mol. The molecule has 0 spiro atoms. The molecular weight excluding hydrogens is 373 g/mol. The van der Waals surface area contributed by atoms with Crippen molar-refractivity contribution in [1.82, 2.24) is 9.88 Å². The Kier molecular flexibility index (Phi) is 6.58. The lowest BCUT2D eigenvalue weighted by molar-refractivity contribution is -0.131. The molecule has 1 amide bonds. The highest BCUT2D eigenvalue weighted by Gasteiger charge is 2.20. The molecule has 1 aromatic carbocycles. The Morgan fingerprint density at radius 3 is 2.50 bits per heavy atom. The SMILES string of the molecule is O=C(CCCOc1ccc(Cl)cc1Cl)N1CCN(c2ccncc2)CC1. The number of hydrogen-bond acceptors (Lipinski definition) is 4. The molecule has 1 saturated heterocycles. The number of anilines is 1. The number of carbonyl (C=O) groups excluding carboxylic acids is 1. The molecule has 2 heterocycles. The summed E-state index contributed by atoms with van der Waals surface area (Å²) in [7, 11) is 0. The Labute approximate surface area is 163 Å². The second-order valence-electron chi connectivity index (χ2n) is 6.10. The van der Waals surface area contributed by atoms with E-state index in [0.29, 0.717) is 35.2 Å². The van der Waals surface area contributed by atoms with Crippen LogP contribution in [0.5, 0.6) is 5.75 Å². The quantitative estimate of drug-likeness (QED) is 0.698. The molecule has 0 atom stereocenters. The molecule has 26 heavy (non-hydrogen) atoms. The molecule has 7 heteroatoms. The van der Waals surface area contributed by atoms with Crippen molar-refractivity contribution in [3.05, 3.63) is 52.8 Å². The number of amides is 1. The van der Waals surface area contributed by atoms with Crippen LogP contribution >= 0.6 is 23.2 Å². The number of benzene rings is 1. The standard InChI is InChI=1S/C19H21Cl2N3O2/c20-15-3-4-18(17(21)14-15)26-13-1-2-19(25)24-11-9-23(10-12-24)16-5-7-22-8-6-16/h3-8,14H,1-2,9-13H2. The molecule has 2 aromatic rings. The highest BCUT2D eigenvalue weighted by Crippen LogP contribution is 2.27. The van der Waals surface area contributed by atoms with Gasteiger partial charge in [-0.05, 0) is 36.8 Å². The van der Waals surface area contributed by atoms with E-state index in [2.05, 4.69) is 9.88 Å². The van der Waals surface area contributed by atoms with Gasteiger partial charge in [-0.25, -0.2) is 0 Å². The first-order valence-electron chi connectivity index (χ1n) is 8.64. The number of ether oxygens (including phenoxy) is 1. The van der Waals surface area contributed by atoms with E-state index in [0.717, 1.165) is 31.9 Å². The number of piperazine rings is 1. The maximum absolute atomic E-state index is 12.4. The smallest absolute Gasteiger partial charge is 0.222 e. The number of pyridine rings is 1. The van der Waals surface area contributed by atoms with Crippen LogP contribution in [0.1, 0.15) is 12.8 Å². The van der Waals surface area contributed by atoms with Gasteiger partial charge in [0.1, 0.15) is 5.75 Å². The average molecular weight is 394 g/mol. The third-order valence-corrected chi connectivity index (χ3v) is 4.88. The molecule has 0 N–H and O–H groups in total. The molecule has 0 unspecified atom stereocenters. The molecule has 1 aliphatic rings. The summed E-state index contributed by atoms with van der Waals surface area (Å²) in [5.41, 5.74) is 1.15. The molecule has 1 aromatic heterocycles. The lowest BCUT2D eigenvalue weighted by Crippen LogP contribution is -2.48. The molecule has 0 aliphatic carbocycles. The van der Waals surface area contributed by atoms with Crippen LogP contribution in [0.15, 0.2) is 42.7 Å². The Balaban J connectivity index is 1.38. The van der Waals surface area contributed by atoms with Gasteiger partial charge in [-0.2, -0.15) is 0 Å². The minimum absolute atomic E-state index is 0.171. The summed E-state index contributed by atoms with van der Waals surface area (Å²) in [5, 5.41) is 1.06. The summed E-state index contributed by atoms with van der Waals surface area (Å²) in [4.78, 5) is 20.6. The van der Waals surface area contributed by atoms with Gasteiger partial charge >= 0.3 is 0 Å². The zero-order chi connectivity index (χ0) is 18.4. The molecule has 0 bridgehead atoms. The predicted octanol–water partition coefficient (Wildman–Crippen LogP) is 3.90. The molecule has 0 saturated carbocycles. The van der Waals surface area contributed by atoms with Gasteiger partial charge in [0.2, 0.25) is 5.91 Å². The van der Waals surface area contributed by atoms with Crippen molar-refractivity contribution in [2.75, 3.05) is 37.7 Å². The summed E-state index contributed by atoms with van der Waals surface area (Å²) in [6.07, 6.45) is 4.71. The van der Waals surface area contributed by atoms with Crippen molar-refractivity contribution < 1.29 is 9.53 Å². The van der Waals surface area contributed by atoms with Crippen LogP contribution < -0.4 is 9.64 Å². The third kappa shape index (κ3) is 5.02. The van der Waals surface area contributed by atoms with Crippen molar-refractivity contribution >= 4 is 34.8 Å². The van der Waals surface area contributed by atoms with Gasteiger partial charge in [-0.15, -0.1) is 0 Å². The van der Waals surface area contributed by atoms with E-state index in [1.165, 1.54) is 0 Å². The van der Waals surface area contributed by atoms with Crippen LogP contribution in [0.3, 0.4) is 0 Å². The van der Waals surface area contributed by atoms with Gasteiger partial charge in [-0.3, -0.25) is 9.78 Å². The molecule has 5 nitrogen and oxygen atoms in total. The van der Waals surface area contributed by atoms with E-state index in [1.54, 1.807) is 30.6 Å². The molecular formula is C19H21Cl2N3O2. The number of carbonyl (C=O) groups is 1. The minimum Gasteiger partial charge on any atom is -0.492 e. The zero-order valence-corrected chi connectivity index (χ0v) is 15.9. The van der Waals surface area contributed by atoms with Gasteiger partial charge in [0, 0.05) is 55.7 Å². The number of hydrogen-bond donors (Lipinski definition) is 0. The van der Waals surface area contributed by atoms with Gasteiger partial charge < -0.3 is 14.5 Å². The van der Waals surface area contributed by atoms with Gasteiger partial charge in [0.05, 0.1) is 11.6 Å². The Bertz CT molecular complexity index is 735. The van der Waals surface area contributed by atoms with Crippen molar-refractivity contribution in [2.24, 2.45) is 0 Å². The fraction of sp³-hybridized carbons (Fsp3) is 0.368. The predicted molar refractivity (Wildman–Crippen MR) is 104 cm³/mol. The largest absolute Gasteiger partial charge is 0.492 e. The Morgan fingerprint density at radius 2 is 1.81 bits per heavy atom. The van der Waals surface area contributed by atoms with E-state index in [9.17, 15) is 4.79 Å². The van der Waals surface area contributed by atoms with Crippen LogP contribution in [0.25, 0.3) is 0 Å². The molecule has 138 valence electrons. The van der Waals surface area contributed by atoms with Crippen LogP contribution in [0.4, 0.5) is 5.69 Å². The van der Waals surface area contributed by atoms with Crippen molar-refractivity contribution in [2.45, 2.75) is 12.8 Å². The third-order valence-electron chi connectivity index (χ3n) is 4.35. The maximum atomic E-state index is 12.4. The van der Waals surface area contributed by atoms with E-state index in [1.807, 2.05) is 17.0 Å². The second kappa shape index (κ2) is 9.10. The van der Waals surface area contributed by atoms with Gasteiger partial charge in [-0.1, -0.05) is 23.2 Å². The first-order valence-corrected chi connectivity index (χ1v) is 9.39. The Hall–Kier alpha value is -1.98. The van der Waals surface area contributed by atoms with Crippen LogP contribution in [0, 0.1) is 0 Å². The second-order valence-corrected chi connectivity index (χ2v) is 6.94. The maximum Gasteiger partial charge on any atom is 0.222 e. The topological polar surface area (TPSA) is 45.7 Å². The minimum atomic E-state index is 0.171. The molecule has 1 fully saturated rings. The van der Waals surface area contributed by atoms with Crippen molar-refractivity contribution in [1.29, 1.82) is 0 Å². The average Bonchev–Trinajstić information content (AvgIpc) is 2.67. The van der Waals surface area contributed by atoms with Gasteiger partial charge in [0.25, 0.3) is 0 Å². The Morgan fingerprint density at radius 1 is 1.08 bits per heavy atom. The normalized spacial score (nSPS) is 14.4. The molecule has 3 rings (SSSR count). The summed E-state index contributed by atoms with van der Waals surface area (Å²) >= 11 is 11.9. The first kappa shape index (κ1) is 18.8. The van der Waals surface area contributed by atoms with E-state index >= 15 is 0 Å². The molecule has 1 aliphatic heterocycles. The number of halogens is 2. The first-order chi connectivity index (χ1) is 12.6. The van der Waals surface area contributed by atoms with Crippen LogP contribution in [-0.2, 0) is 4.79 Å². The number of aromatic nitrogens is 1. The summed E-state index contributed by atoms with van der Waals surface area (Å²) in [5.74, 6) is 0.764. The fourth-order valence-corrected chi connectivity index (χ4v) is 3.39. The van der Waals surface area contributed by atoms with Gasteiger partial charge in [0.15, 0.2) is 0 Å². The van der Waals surface area contributed by atoms with Crippen molar-refractivity contribution in [3.63, 3.8) is 0 Å². The zero-order valence-electron chi connectivity index (χ0n) is 14.4. The lowest BCUT2D eigenvalue weighted by atomic mass is 10.2. The van der Waals surface area contributed by atoms with E-state index < -0.39 is 0 Å². The lowest BCUT2D eigenvalue weighted by Gasteiger charge is -2.36. The fourth-order valence-electron chi connectivity index (χ4n) is 2.92. The number of rotatable bonds is 6. The summed E-state index contributed by atoms with van der Waals surface area (Å²) < 4.78 is 5.63.